The second-order valence-electron chi connectivity index (χ2n) is 9.35. The van der Waals surface area contributed by atoms with E-state index in [9.17, 15) is 5.11 Å². The molecule has 0 saturated carbocycles. The summed E-state index contributed by atoms with van der Waals surface area (Å²) in [6.07, 6.45) is 13.9. The second kappa shape index (κ2) is 14.0. The van der Waals surface area contributed by atoms with Gasteiger partial charge < -0.3 is 10.0 Å². The Kier molecular flexibility index (Phi) is 12.5. The van der Waals surface area contributed by atoms with Crippen molar-refractivity contribution >= 4 is 0 Å². The molecule has 0 amide bonds. The zero-order valence-electron chi connectivity index (χ0n) is 19.7. The lowest BCUT2D eigenvalue weighted by atomic mass is 9.91. The van der Waals surface area contributed by atoms with Crippen LogP contribution in [0.1, 0.15) is 127 Å². The number of aromatic hydroxyl groups is 1. The summed E-state index contributed by atoms with van der Waals surface area (Å²) in [5, 5.41) is 10.6. The quantitative estimate of drug-likeness (QED) is 0.307. The van der Waals surface area contributed by atoms with Crippen LogP contribution >= 0.6 is 0 Å². The van der Waals surface area contributed by atoms with E-state index in [2.05, 4.69) is 58.7 Å². The van der Waals surface area contributed by atoms with Gasteiger partial charge in [-0.3, -0.25) is 0 Å². The van der Waals surface area contributed by atoms with Gasteiger partial charge in [-0.2, -0.15) is 0 Å². The molecule has 0 saturated heterocycles. The van der Waals surface area contributed by atoms with Crippen LogP contribution in [0.2, 0.25) is 0 Å². The monoisotopic (exact) mass is 389 g/mol. The number of phenolic OH excluding ortho intramolecular Hbond substituents is 1. The summed E-state index contributed by atoms with van der Waals surface area (Å²) in [4.78, 5) is 2.44. The summed E-state index contributed by atoms with van der Waals surface area (Å²) in [5.74, 6) is 1.21. The molecule has 2 nitrogen and oxygen atoms in total. The van der Waals surface area contributed by atoms with E-state index in [0.29, 0.717) is 17.6 Å². The van der Waals surface area contributed by atoms with Crippen LogP contribution < -0.4 is 0 Å². The topological polar surface area (TPSA) is 23.5 Å². The number of unbranched alkanes of at least 4 members (excludes halogenated alkanes) is 9. The first-order valence-electron chi connectivity index (χ1n) is 11.9. The molecular weight excluding hydrogens is 342 g/mol. The summed E-state index contributed by atoms with van der Waals surface area (Å²) in [6, 6.07) is 4.42. The van der Waals surface area contributed by atoms with Crippen molar-refractivity contribution in [2.75, 3.05) is 13.6 Å². The molecule has 0 bridgehead atoms. The largest absolute Gasteiger partial charge is 0.507 e. The van der Waals surface area contributed by atoms with Gasteiger partial charge in [0.05, 0.1) is 0 Å². The third-order valence-corrected chi connectivity index (χ3v) is 5.82. The minimum absolute atomic E-state index is 0.352. The van der Waals surface area contributed by atoms with E-state index in [0.717, 1.165) is 24.2 Å². The zero-order chi connectivity index (χ0) is 20.9. The maximum atomic E-state index is 10.6. The molecule has 0 aliphatic heterocycles. The standard InChI is InChI=1S/C26H47NO/c1-7-8-9-10-11-12-13-14-15-16-17-27(6)20-23-18-24(21(2)3)26(28)25(19-23)22(4)5/h18-19,21-22,28H,7-17,20H2,1-6H3. The van der Waals surface area contributed by atoms with Crippen molar-refractivity contribution in [2.24, 2.45) is 0 Å². The molecule has 1 aromatic carbocycles. The Morgan fingerprint density at radius 3 is 1.61 bits per heavy atom. The van der Waals surface area contributed by atoms with E-state index in [-0.39, 0.29) is 0 Å². The van der Waals surface area contributed by atoms with Crippen molar-refractivity contribution < 1.29 is 5.11 Å². The molecule has 0 radical (unpaired) electrons. The van der Waals surface area contributed by atoms with E-state index in [1.165, 1.54) is 69.8 Å². The summed E-state index contributed by atoms with van der Waals surface area (Å²) < 4.78 is 0. The minimum atomic E-state index is 0.352. The number of nitrogens with zero attached hydrogens (tertiary/aromatic N) is 1. The Morgan fingerprint density at radius 1 is 0.750 bits per heavy atom. The molecule has 0 spiro atoms. The van der Waals surface area contributed by atoms with Gasteiger partial charge in [0.15, 0.2) is 0 Å². The van der Waals surface area contributed by atoms with Crippen LogP contribution in [0.5, 0.6) is 5.75 Å². The molecule has 1 rings (SSSR count). The van der Waals surface area contributed by atoms with Gasteiger partial charge in [0, 0.05) is 6.54 Å². The molecule has 162 valence electrons. The molecule has 0 aliphatic rings. The average Bonchev–Trinajstić information content (AvgIpc) is 2.64. The van der Waals surface area contributed by atoms with Gasteiger partial charge in [-0.15, -0.1) is 0 Å². The van der Waals surface area contributed by atoms with Crippen LogP contribution in [0.25, 0.3) is 0 Å². The van der Waals surface area contributed by atoms with Crippen molar-refractivity contribution in [3.05, 3.63) is 28.8 Å². The van der Waals surface area contributed by atoms with Crippen molar-refractivity contribution in [1.29, 1.82) is 0 Å². The second-order valence-corrected chi connectivity index (χ2v) is 9.35. The van der Waals surface area contributed by atoms with Gasteiger partial charge in [0.1, 0.15) is 5.75 Å². The molecule has 0 atom stereocenters. The predicted octanol–water partition coefficient (Wildman–Crippen LogP) is 7.99. The molecular formula is C26H47NO. The molecule has 2 heteroatoms. The van der Waals surface area contributed by atoms with Gasteiger partial charge in [-0.25, -0.2) is 0 Å². The van der Waals surface area contributed by atoms with Gasteiger partial charge in [0.2, 0.25) is 0 Å². The Hall–Kier alpha value is -1.02. The van der Waals surface area contributed by atoms with Gasteiger partial charge >= 0.3 is 0 Å². The number of phenols is 1. The fraction of sp³-hybridized carbons (Fsp3) is 0.769. The van der Waals surface area contributed by atoms with Crippen molar-refractivity contribution in [3.63, 3.8) is 0 Å². The van der Waals surface area contributed by atoms with Crippen LogP contribution in [0.3, 0.4) is 0 Å². The fourth-order valence-corrected chi connectivity index (χ4v) is 3.98. The minimum Gasteiger partial charge on any atom is -0.507 e. The summed E-state index contributed by atoms with van der Waals surface area (Å²) >= 11 is 0. The number of hydrogen-bond donors (Lipinski definition) is 1. The van der Waals surface area contributed by atoms with Crippen molar-refractivity contribution in [2.45, 2.75) is 117 Å². The molecule has 0 aliphatic carbocycles. The summed E-state index contributed by atoms with van der Waals surface area (Å²) in [5.41, 5.74) is 3.52. The third kappa shape index (κ3) is 9.45. The van der Waals surface area contributed by atoms with Crippen LogP contribution in [0.4, 0.5) is 0 Å². The molecule has 1 aromatic rings. The molecule has 0 aromatic heterocycles. The van der Waals surface area contributed by atoms with E-state index in [1.807, 2.05) is 0 Å². The van der Waals surface area contributed by atoms with Crippen molar-refractivity contribution in [3.8, 4) is 5.75 Å². The zero-order valence-corrected chi connectivity index (χ0v) is 19.7. The molecule has 1 N–H and O–H groups in total. The van der Waals surface area contributed by atoms with Gasteiger partial charge in [0.25, 0.3) is 0 Å². The van der Waals surface area contributed by atoms with Crippen LogP contribution in [0, 0.1) is 0 Å². The van der Waals surface area contributed by atoms with E-state index >= 15 is 0 Å². The normalized spacial score (nSPS) is 11.9. The first kappa shape index (κ1) is 25.0. The maximum absolute atomic E-state index is 10.6. The Bertz CT molecular complexity index is 506. The molecule has 0 unspecified atom stereocenters. The molecule has 0 heterocycles. The van der Waals surface area contributed by atoms with Crippen molar-refractivity contribution in [1.82, 2.24) is 4.90 Å². The summed E-state index contributed by atoms with van der Waals surface area (Å²) in [6.45, 7) is 13.1. The van der Waals surface area contributed by atoms with E-state index in [1.54, 1.807) is 0 Å². The number of rotatable bonds is 15. The van der Waals surface area contributed by atoms with Gasteiger partial charge in [-0.05, 0) is 48.5 Å². The maximum Gasteiger partial charge on any atom is 0.122 e. The van der Waals surface area contributed by atoms with E-state index in [4.69, 9.17) is 0 Å². The first-order chi connectivity index (χ1) is 13.4. The lowest BCUT2D eigenvalue weighted by molar-refractivity contribution is 0.316. The third-order valence-electron chi connectivity index (χ3n) is 5.82. The highest BCUT2D eigenvalue weighted by atomic mass is 16.3. The Balaban J connectivity index is 2.34. The highest BCUT2D eigenvalue weighted by Crippen LogP contribution is 2.35. The SMILES string of the molecule is CCCCCCCCCCCCN(C)Cc1cc(C(C)C)c(O)c(C(C)C)c1. The first-order valence-corrected chi connectivity index (χ1v) is 11.9. The highest BCUT2D eigenvalue weighted by Gasteiger charge is 2.15. The Morgan fingerprint density at radius 2 is 1.18 bits per heavy atom. The van der Waals surface area contributed by atoms with E-state index < -0.39 is 0 Å². The van der Waals surface area contributed by atoms with Crippen LogP contribution in [-0.4, -0.2) is 23.6 Å². The lowest BCUT2D eigenvalue weighted by Gasteiger charge is -2.21. The number of benzene rings is 1. The smallest absolute Gasteiger partial charge is 0.122 e. The average molecular weight is 390 g/mol. The fourth-order valence-electron chi connectivity index (χ4n) is 3.98. The number of hydrogen-bond acceptors (Lipinski definition) is 2. The lowest BCUT2D eigenvalue weighted by Crippen LogP contribution is -2.19. The molecule has 0 fully saturated rings. The Labute approximate surface area is 175 Å². The highest BCUT2D eigenvalue weighted by molar-refractivity contribution is 5.46. The van der Waals surface area contributed by atoms with Crippen LogP contribution in [0.15, 0.2) is 12.1 Å². The molecule has 28 heavy (non-hydrogen) atoms. The predicted molar refractivity (Wildman–Crippen MR) is 124 cm³/mol. The van der Waals surface area contributed by atoms with Crippen LogP contribution in [-0.2, 0) is 6.54 Å². The van der Waals surface area contributed by atoms with Gasteiger partial charge in [-0.1, -0.05) is 105 Å². The summed E-state index contributed by atoms with van der Waals surface area (Å²) in [7, 11) is 2.23.